The van der Waals surface area contributed by atoms with Crippen LogP contribution in [0.4, 0.5) is 0 Å². The molecule has 0 spiro atoms. The first kappa shape index (κ1) is 24.0. The van der Waals surface area contributed by atoms with Crippen molar-refractivity contribution >= 4 is 11.8 Å². The highest BCUT2D eigenvalue weighted by Crippen LogP contribution is 2.14. The number of hydrogen-bond donors (Lipinski definition) is 2. The van der Waals surface area contributed by atoms with Crippen LogP contribution in [0.5, 0.6) is 5.75 Å². The molecule has 0 aliphatic rings. The number of carbonyl (C=O) groups excluding carboxylic acids is 2. The molecule has 0 saturated heterocycles. The van der Waals surface area contributed by atoms with Gasteiger partial charge in [-0.1, -0.05) is 60.7 Å². The SMILES string of the molecule is CN(C)CCOc1ccc(C[C@H](NC(=O)c2ccccc2)C(=O)NCc2ccccc2)cc1. The molecule has 0 fully saturated rings. The largest absolute Gasteiger partial charge is 0.492 e. The summed E-state index contributed by atoms with van der Waals surface area (Å²) >= 11 is 0. The van der Waals surface area contributed by atoms with Gasteiger partial charge in [0.05, 0.1) is 0 Å². The number of rotatable bonds is 11. The average Bonchev–Trinajstić information content (AvgIpc) is 2.84. The van der Waals surface area contributed by atoms with E-state index in [4.69, 9.17) is 4.74 Å². The van der Waals surface area contributed by atoms with Gasteiger partial charge in [0.25, 0.3) is 5.91 Å². The topological polar surface area (TPSA) is 70.7 Å². The second kappa shape index (κ2) is 12.4. The van der Waals surface area contributed by atoms with Gasteiger partial charge < -0.3 is 20.3 Å². The fourth-order valence-electron chi connectivity index (χ4n) is 3.25. The summed E-state index contributed by atoms with van der Waals surface area (Å²) in [5.41, 5.74) is 2.45. The average molecular weight is 446 g/mol. The van der Waals surface area contributed by atoms with E-state index in [0.29, 0.717) is 25.1 Å². The van der Waals surface area contributed by atoms with E-state index in [9.17, 15) is 9.59 Å². The van der Waals surface area contributed by atoms with Crippen molar-refractivity contribution in [3.8, 4) is 5.75 Å². The number of hydrogen-bond acceptors (Lipinski definition) is 4. The summed E-state index contributed by atoms with van der Waals surface area (Å²) in [5.74, 6) is 0.271. The normalized spacial score (nSPS) is 11.6. The second-order valence-electron chi connectivity index (χ2n) is 8.10. The predicted molar refractivity (Wildman–Crippen MR) is 130 cm³/mol. The van der Waals surface area contributed by atoms with Crippen LogP contribution in [0.15, 0.2) is 84.9 Å². The van der Waals surface area contributed by atoms with Gasteiger partial charge in [-0.2, -0.15) is 0 Å². The second-order valence-corrected chi connectivity index (χ2v) is 8.10. The zero-order valence-corrected chi connectivity index (χ0v) is 19.2. The van der Waals surface area contributed by atoms with Gasteiger partial charge in [0.2, 0.25) is 5.91 Å². The molecule has 0 bridgehead atoms. The number of ether oxygens (including phenoxy) is 1. The highest BCUT2D eigenvalue weighted by molar-refractivity contribution is 5.97. The smallest absolute Gasteiger partial charge is 0.251 e. The van der Waals surface area contributed by atoms with Crippen molar-refractivity contribution in [3.63, 3.8) is 0 Å². The summed E-state index contributed by atoms with van der Waals surface area (Å²) in [7, 11) is 4.00. The Hall–Kier alpha value is -3.64. The van der Waals surface area contributed by atoms with Crippen molar-refractivity contribution < 1.29 is 14.3 Å². The van der Waals surface area contributed by atoms with E-state index in [2.05, 4.69) is 15.5 Å². The third-order valence-corrected chi connectivity index (χ3v) is 5.14. The Labute approximate surface area is 195 Å². The van der Waals surface area contributed by atoms with Crippen molar-refractivity contribution in [1.29, 1.82) is 0 Å². The van der Waals surface area contributed by atoms with E-state index in [1.165, 1.54) is 0 Å². The molecule has 0 saturated carbocycles. The van der Waals surface area contributed by atoms with E-state index in [0.717, 1.165) is 23.4 Å². The fraction of sp³-hybridized carbons (Fsp3) is 0.259. The van der Waals surface area contributed by atoms with E-state index in [1.54, 1.807) is 24.3 Å². The van der Waals surface area contributed by atoms with Crippen LogP contribution in [0.3, 0.4) is 0 Å². The van der Waals surface area contributed by atoms with Gasteiger partial charge in [-0.05, 0) is 49.5 Å². The van der Waals surface area contributed by atoms with Crippen molar-refractivity contribution in [2.45, 2.75) is 19.0 Å². The molecule has 0 heterocycles. The lowest BCUT2D eigenvalue weighted by Crippen LogP contribution is -2.47. The lowest BCUT2D eigenvalue weighted by molar-refractivity contribution is -0.123. The molecule has 0 unspecified atom stereocenters. The minimum atomic E-state index is -0.707. The van der Waals surface area contributed by atoms with Crippen LogP contribution >= 0.6 is 0 Å². The minimum Gasteiger partial charge on any atom is -0.492 e. The number of likely N-dealkylation sites (N-methyl/N-ethyl adjacent to an activating group) is 1. The van der Waals surface area contributed by atoms with Crippen LogP contribution in [-0.2, 0) is 17.8 Å². The Balaban J connectivity index is 1.66. The van der Waals surface area contributed by atoms with E-state index in [-0.39, 0.29) is 11.8 Å². The van der Waals surface area contributed by atoms with Gasteiger partial charge in [0.15, 0.2) is 0 Å². The number of benzene rings is 3. The first-order chi connectivity index (χ1) is 16.0. The quantitative estimate of drug-likeness (QED) is 0.475. The molecule has 2 N–H and O–H groups in total. The molecular formula is C27H31N3O3. The molecule has 6 nitrogen and oxygen atoms in total. The van der Waals surface area contributed by atoms with Crippen molar-refractivity contribution in [2.24, 2.45) is 0 Å². The Morgan fingerprint density at radius 1 is 0.848 bits per heavy atom. The standard InChI is InChI=1S/C27H31N3O3/c1-30(2)17-18-33-24-15-13-21(14-16-24)19-25(29-26(31)23-11-7-4-8-12-23)27(32)28-20-22-9-5-3-6-10-22/h3-16,25H,17-20H2,1-2H3,(H,28,32)(H,29,31)/t25-/m0/s1. The van der Waals surface area contributed by atoms with Crippen molar-refractivity contribution in [1.82, 2.24) is 15.5 Å². The van der Waals surface area contributed by atoms with E-state index >= 15 is 0 Å². The predicted octanol–water partition coefficient (Wildman–Crippen LogP) is 3.28. The molecule has 172 valence electrons. The van der Waals surface area contributed by atoms with Crippen LogP contribution in [0.1, 0.15) is 21.5 Å². The monoisotopic (exact) mass is 445 g/mol. The van der Waals surface area contributed by atoms with Crippen LogP contribution in [0.25, 0.3) is 0 Å². The van der Waals surface area contributed by atoms with Gasteiger partial charge in [0, 0.05) is 25.1 Å². The summed E-state index contributed by atoms with van der Waals surface area (Å²) < 4.78 is 5.74. The lowest BCUT2D eigenvalue weighted by atomic mass is 10.0. The number of nitrogens with one attached hydrogen (secondary N) is 2. The van der Waals surface area contributed by atoms with E-state index in [1.807, 2.05) is 74.8 Å². The molecule has 3 aromatic carbocycles. The first-order valence-electron chi connectivity index (χ1n) is 11.1. The number of amides is 2. The molecule has 0 aliphatic carbocycles. The first-order valence-corrected chi connectivity index (χ1v) is 11.1. The maximum Gasteiger partial charge on any atom is 0.251 e. The molecule has 33 heavy (non-hydrogen) atoms. The Morgan fingerprint density at radius 3 is 2.12 bits per heavy atom. The Bertz CT molecular complexity index is 1010. The third-order valence-electron chi connectivity index (χ3n) is 5.14. The van der Waals surface area contributed by atoms with Gasteiger partial charge in [-0.25, -0.2) is 0 Å². The maximum absolute atomic E-state index is 13.0. The molecule has 0 aromatic heterocycles. The van der Waals surface area contributed by atoms with Crippen LogP contribution in [0.2, 0.25) is 0 Å². The van der Waals surface area contributed by atoms with Gasteiger partial charge >= 0.3 is 0 Å². The van der Waals surface area contributed by atoms with Crippen LogP contribution in [-0.4, -0.2) is 50.0 Å². The molecule has 0 radical (unpaired) electrons. The summed E-state index contributed by atoms with van der Waals surface area (Å²) in [6.45, 7) is 1.83. The number of carbonyl (C=O) groups is 2. The van der Waals surface area contributed by atoms with Crippen LogP contribution < -0.4 is 15.4 Å². The highest BCUT2D eigenvalue weighted by atomic mass is 16.5. The van der Waals surface area contributed by atoms with E-state index < -0.39 is 6.04 Å². The maximum atomic E-state index is 13.0. The van der Waals surface area contributed by atoms with Gasteiger partial charge in [-0.3, -0.25) is 9.59 Å². The molecule has 0 aliphatic heterocycles. The Kier molecular flexibility index (Phi) is 9.03. The minimum absolute atomic E-state index is 0.227. The molecule has 3 aromatic rings. The number of nitrogens with zero attached hydrogens (tertiary/aromatic N) is 1. The van der Waals surface area contributed by atoms with Crippen molar-refractivity contribution in [3.05, 3.63) is 102 Å². The zero-order valence-electron chi connectivity index (χ0n) is 19.2. The van der Waals surface area contributed by atoms with Crippen LogP contribution in [0, 0.1) is 0 Å². The summed E-state index contributed by atoms with van der Waals surface area (Å²) in [5, 5.41) is 5.83. The molecule has 6 heteroatoms. The third kappa shape index (κ3) is 8.09. The molecular weight excluding hydrogens is 414 g/mol. The van der Waals surface area contributed by atoms with Crippen molar-refractivity contribution in [2.75, 3.05) is 27.2 Å². The molecule has 3 rings (SSSR count). The molecule has 2 amide bonds. The highest BCUT2D eigenvalue weighted by Gasteiger charge is 2.22. The summed E-state index contributed by atoms with van der Waals surface area (Å²) in [4.78, 5) is 27.8. The zero-order chi connectivity index (χ0) is 23.5. The lowest BCUT2D eigenvalue weighted by Gasteiger charge is -2.19. The summed E-state index contributed by atoms with van der Waals surface area (Å²) in [6.07, 6.45) is 0.372. The fourth-order valence-corrected chi connectivity index (χ4v) is 3.25. The van der Waals surface area contributed by atoms with Gasteiger partial charge in [-0.15, -0.1) is 0 Å². The molecule has 1 atom stereocenters. The summed E-state index contributed by atoms with van der Waals surface area (Å²) in [6, 6.07) is 25.5. The Morgan fingerprint density at radius 2 is 1.48 bits per heavy atom. The van der Waals surface area contributed by atoms with Gasteiger partial charge in [0.1, 0.15) is 18.4 Å².